The summed E-state index contributed by atoms with van der Waals surface area (Å²) >= 11 is 11.6. The number of hydrogen-bond acceptors (Lipinski definition) is 4. The fourth-order valence-electron chi connectivity index (χ4n) is 1.50. The average molecular weight is 375 g/mol. The van der Waals surface area contributed by atoms with Crippen LogP contribution in [0, 0.1) is 0 Å². The normalized spacial score (nSPS) is 12.5. The van der Waals surface area contributed by atoms with Crippen LogP contribution in [0.25, 0.3) is 5.82 Å². The topological polar surface area (TPSA) is 76.9 Å². The first-order valence-electron chi connectivity index (χ1n) is 5.43. The summed E-state index contributed by atoms with van der Waals surface area (Å²) in [6.45, 7) is 0. The average Bonchev–Trinajstić information content (AvgIpc) is 2.68. The molecule has 6 nitrogen and oxygen atoms in total. The molecule has 22 heavy (non-hydrogen) atoms. The summed E-state index contributed by atoms with van der Waals surface area (Å²) in [4.78, 5) is 3.57. The molecule has 12 heteroatoms. The Hall–Kier alpha value is -1.52. The van der Waals surface area contributed by atoms with E-state index in [9.17, 15) is 21.6 Å². The maximum Gasteiger partial charge on any atom is 0.417 e. The van der Waals surface area contributed by atoms with Gasteiger partial charge < -0.3 is 0 Å². The highest BCUT2D eigenvalue weighted by atomic mass is 35.5. The molecule has 2 heterocycles. The second-order valence-corrected chi connectivity index (χ2v) is 6.72. The third-order valence-electron chi connectivity index (χ3n) is 2.36. The number of sulfonamides is 1. The van der Waals surface area contributed by atoms with Crippen molar-refractivity contribution in [3.63, 3.8) is 0 Å². The van der Waals surface area contributed by atoms with Gasteiger partial charge in [0.25, 0.3) is 0 Å². The Labute approximate surface area is 132 Å². The van der Waals surface area contributed by atoms with E-state index in [0.717, 1.165) is 17.1 Å². The summed E-state index contributed by atoms with van der Waals surface area (Å²) in [5.74, 6) is -0.383. The predicted molar refractivity (Wildman–Crippen MR) is 74.8 cm³/mol. The van der Waals surface area contributed by atoms with Gasteiger partial charge in [0.05, 0.1) is 23.0 Å². The molecule has 0 radical (unpaired) electrons. The van der Waals surface area contributed by atoms with E-state index < -0.39 is 21.8 Å². The molecule has 0 amide bonds. The largest absolute Gasteiger partial charge is 0.417 e. The Morgan fingerprint density at radius 2 is 1.86 bits per heavy atom. The molecule has 0 saturated carbocycles. The summed E-state index contributed by atoms with van der Waals surface area (Å²) in [7, 11) is -3.69. The molecule has 0 atom stereocenters. The lowest BCUT2D eigenvalue weighted by Gasteiger charge is -2.11. The minimum absolute atomic E-state index is 0.0665. The SMILES string of the molecule is CS(=O)(=O)Nc1c(Cl)cnn1-c1ncc(C(F)(F)F)cc1Cl. The molecular formula is C10H7Cl2F3N4O2S. The molecule has 0 bridgehead atoms. The first kappa shape index (κ1) is 16.8. The van der Waals surface area contributed by atoms with Crippen LogP contribution in [0.3, 0.4) is 0 Å². The van der Waals surface area contributed by atoms with Gasteiger partial charge in [0.2, 0.25) is 10.0 Å². The Bertz CT molecular complexity index is 820. The molecule has 0 aliphatic heterocycles. The number of halogens is 5. The van der Waals surface area contributed by atoms with E-state index >= 15 is 0 Å². The van der Waals surface area contributed by atoms with Crippen molar-refractivity contribution in [1.82, 2.24) is 14.8 Å². The number of rotatable bonds is 3. The van der Waals surface area contributed by atoms with Crippen LogP contribution in [0.15, 0.2) is 18.5 Å². The maximum atomic E-state index is 12.6. The second-order valence-electron chi connectivity index (χ2n) is 4.15. The van der Waals surface area contributed by atoms with Crippen molar-refractivity contribution in [2.75, 3.05) is 11.0 Å². The molecule has 2 rings (SSSR count). The van der Waals surface area contributed by atoms with E-state index in [2.05, 4.69) is 14.8 Å². The fraction of sp³-hybridized carbons (Fsp3) is 0.200. The van der Waals surface area contributed by atoms with Crippen LogP contribution in [0.1, 0.15) is 5.56 Å². The highest BCUT2D eigenvalue weighted by Gasteiger charge is 2.32. The molecule has 0 saturated heterocycles. The van der Waals surface area contributed by atoms with Gasteiger partial charge in [0.15, 0.2) is 11.6 Å². The third-order valence-corrected chi connectivity index (χ3v) is 3.48. The number of aromatic nitrogens is 3. The molecule has 2 aromatic heterocycles. The van der Waals surface area contributed by atoms with Crippen molar-refractivity contribution >= 4 is 39.0 Å². The summed E-state index contributed by atoms with van der Waals surface area (Å²) in [6, 6.07) is 0.656. The molecule has 0 aliphatic rings. The Balaban J connectivity index is 2.54. The van der Waals surface area contributed by atoms with E-state index in [4.69, 9.17) is 23.2 Å². The lowest BCUT2D eigenvalue weighted by Crippen LogP contribution is -2.15. The number of nitrogens with one attached hydrogen (secondary N) is 1. The van der Waals surface area contributed by atoms with Crippen LogP contribution < -0.4 is 4.72 Å². The Morgan fingerprint density at radius 3 is 2.36 bits per heavy atom. The molecule has 2 aromatic rings. The molecule has 0 fully saturated rings. The number of pyridine rings is 1. The second kappa shape index (κ2) is 5.60. The molecule has 0 spiro atoms. The zero-order valence-corrected chi connectivity index (χ0v) is 13.0. The van der Waals surface area contributed by atoms with Gasteiger partial charge in [-0.25, -0.2) is 13.4 Å². The van der Waals surface area contributed by atoms with Gasteiger partial charge in [0.1, 0.15) is 5.02 Å². The smallest absolute Gasteiger partial charge is 0.266 e. The van der Waals surface area contributed by atoms with Crippen molar-refractivity contribution < 1.29 is 21.6 Å². The van der Waals surface area contributed by atoms with E-state index in [1.165, 1.54) is 0 Å². The maximum absolute atomic E-state index is 12.6. The summed E-state index contributed by atoms with van der Waals surface area (Å²) in [6.07, 6.45) is -2.07. The number of nitrogens with zero attached hydrogens (tertiary/aromatic N) is 3. The molecule has 0 unspecified atom stereocenters. The molecule has 0 aromatic carbocycles. The van der Waals surface area contributed by atoms with Gasteiger partial charge in [0, 0.05) is 6.20 Å². The Kier molecular flexibility index (Phi) is 4.28. The lowest BCUT2D eigenvalue weighted by molar-refractivity contribution is -0.137. The first-order valence-corrected chi connectivity index (χ1v) is 8.08. The van der Waals surface area contributed by atoms with Crippen molar-refractivity contribution in [2.24, 2.45) is 0 Å². The van der Waals surface area contributed by atoms with Crippen LogP contribution in [-0.2, 0) is 16.2 Å². The van der Waals surface area contributed by atoms with E-state index in [1.807, 2.05) is 0 Å². The monoisotopic (exact) mass is 374 g/mol. The van der Waals surface area contributed by atoms with Crippen LogP contribution in [-0.4, -0.2) is 29.4 Å². The minimum Gasteiger partial charge on any atom is -0.266 e. The zero-order chi connectivity index (χ0) is 16.7. The van der Waals surface area contributed by atoms with Gasteiger partial charge in [-0.3, -0.25) is 4.72 Å². The van der Waals surface area contributed by atoms with Crippen molar-refractivity contribution in [1.29, 1.82) is 0 Å². The molecule has 1 N–H and O–H groups in total. The van der Waals surface area contributed by atoms with Gasteiger partial charge in [-0.2, -0.15) is 23.0 Å². The summed E-state index contributed by atoms with van der Waals surface area (Å²) in [5.41, 5.74) is -1.04. The highest BCUT2D eigenvalue weighted by molar-refractivity contribution is 7.92. The minimum atomic E-state index is -4.61. The van der Waals surface area contributed by atoms with Gasteiger partial charge >= 0.3 is 6.18 Å². The molecule has 0 aliphatic carbocycles. The zero-order valence-electron chi connectivity index (χ0n) is 10.7. The number of alkyl halides is 3. The van der Waals surface area contributed by atoms with Crippen molar-refractivity contribution in [2.45, 2.75) is 6.18 Å². The number of hydrogen-bond donors (Lipinski definition) is 1. The number of anilines is 1. The Morgan fingerprint density at radius 1 is 1.23 bits per heavy atom. The summed E-state index contributed by atoms with van der Waals surface area (Å²) < 4.78 is 63.3. The molecular weight excluding hydrogens is 368 g/mol. The lowest BCUT2D eigenvalue weighted by atomic mass is 10.3. The predicted octanol–water partition coefficient (Wildman–Crippen LogP) is 2.96. The van der Waals surface area contributed by atoms with Crippen LogP contribution in [0.2, 0.25) is 10.0 Å². The fourth-order valence-corrected chi connectivity index (χ4v) is 2.52. The van der Waals surface area contributed by atoms with Crippen LogP contribution in [0.4, 0.5) is 19.0 Å². The van der Waals surface area contributed by atoms with Gasteiger partial charge in [-0.05, 0) is 6.07 Å². The highest BCUT2D eigenvalue weighted by Crippen LogP contribution is 2.33. The quantitative estimate of drug-likeness (QED) is 0.895. The van der Waals surface area contributed by atoms with E-state index in [1.54, 1.807) is 0 Å². The van der Waals surface area contributed by atoms with Crippen LogP contribution in [0.5, 0.6) is 0 Å². The first-order chi connectivity index (χ1) is 9.99. The summed E-state index contributed by atoms with van der Waals surface area (Å²) in [5, 5.41) is 3.32. The molecule has 120 valence electrons. The van der Waals surface area contributed by atoms with Crippen molar-refractivity contribution in [3.8, 4) is 5.82 Å². The van der Waals surface area contributed by atoms with Crippen LogP contribution >= 0.6 is 23.2 Å². The third kappa shape index (κ3) is 3.62. The standard InChI is InChI=1S/C10H7Cl2F3N4O2S/c1-22(20,21)18-9-7(12)4-17-19(9)8-6(11)2-5(3-16-8)10(13,14)15/h2-4,18H,1H3. The van der Waals surface area contributed by atoms with E-state index in [0.29, 0.717) is 12.3 Å². The van der Waals surface area contributed by atoms with Gasteiger partial charge in [-0.15, -0.1) is 0 Å². The van der Waals surface area contributed by atoms with E-state index in [-0.39, 0.29) is 21.7 Å². The van der Waals surface area contributed by atoms with Gasteiger partial charge in [-0.1, -0.05) is 23.2 Å². The van der Waals surface area contributed by atoms with Crippen molar-refractivity contribution in [3.05, 3.63) is 34.1 Å².